The van der Waals surface area contributed by atoms with Gasteiger partial charge in [-0.15, -0.1) is 0 Å². The number of hydrogen-bond donors (Lipinski definition) is 1. The molecule has 0 radical (unpaired) electrons. The van der Waals surface area contributed by atoms with Crippen molar-refractivity contribution in [1.29, 1.82) is 0 Å². The van der Waals surface area contributed by atoms with E-state index in [-0.39, 0.29) is 0 Å². The summed E-state index contributed by atoms with van der Waals surface area (Å²) in [7, 11) is 0. The highest BCUT2D eigenvalue weighted by atomic mass is 16.5. The molecule has 1 atom stereocenters. The van der Waals surface area contributed by atoms with Gasteiger partial charge in [0.1, 0.15) is 5.75 Å². The minimum absolute atomic E-state index is 0.656. The lowest BCUT2D eigenvalue weighted by atomic mass is 10.2. The zero-order valence-corrected chi connectivity index (χ0v) is 13.3. The van der Waals surface area contributed by atoms with Crippen molar-refractivity contribution >= 4 is 5.69 Å². The van der Waals surface area contributed by atoms with E-state index in [2.05, 4.69) is 25.7 Å². The molecule has 1 aromatic rings. The smallest absolute Gasteiger partial charge is 0.142 e. The molecule has 0 spiro atoms. The van der Waals surface area contributed by atoms with Crippen LogP contribution < -0.4 is 10.5 Å². The number of anilines is 1. The summed E-state index contributed by atoms with van der Waals surface area (Å²) in [6.45, 7) is 9.83. The third-order valence-electron chi connectivity index (χ3n) is 3.78. The summed E-state index contributed by atoms with van der Waals surface area (Å²) in [4.78, 5) is 2.57. The number of hydrogen-bond acceptors (Lipinski definition) is 3. The Bertz CT molecular complexity index is 368. The van der Waals surface area contributed by atoms with Gasteiger partial charge < -0.3 is 15.4 Å². The molecule has 0 saturated carbocycles. The Labute approximate surface area is 124 Å². The van der Waals surface area contributed by atoms with Crippen LogP contribution in [0.4, 0.5) is 5.69 Å². The molecule has 0 heterocycles. The quantitative estimate of drug-likeness (QED) is 0.520. The van der Waals surface area contributed by atoms with Crippen molar-refractivity contribution in [3.63, 3.8) is 0 Å². The van der Waals surface area contributed by atoms with E-state index < -0.39 is 0 Å². The monoisotopic (exact) mass is 278 g/mol. The minimum Gasteiger partial charge on any atom is -0.491 e. The predicted octanol–water partition coefficient (Wildman–Crippen LogP) is 3.94. The molecule has 2 N–H and O–H groups in total. The number of ether oxygens (including phenoxy) is 1. The average Bonchev–Trinajstić information content (AvgIpc) is 2.47. The number of nitrogen functional groups attached to an aromatic ring is 1. The molecule has 0 aliphatic heterocycles. The number of unbranched alkanes of at least 4 members (excludes halogenated alkanes) is 1. The van der Waals surface area contributed by atoms with Crippen LogP contribution in [0.3, 0.4) is 0 Å². The Morgan fingerprint density at radius 1 is 1.15 bits per heavy atom. The van der Waals surface area contributed by atoms with Gasteiger partial charge in [0.25, 0.3) is 0 Å². The maximum Gasteiger partial charge on any atom is 0.142 e. The Kier molecular flexibility index (Phi) is 8.12. The summed E-state index contributed by atoms with van der Waals surface area (Å²) in [6, 6.07) is 8.35. The zero-order valence-electron chi connectivity index (χ0n) is 13.3. The van der Waals surface area contributed by atoms with E-state index in [4.69, 9.17) is 10.5 Å². The molecule has 1 unspecified atom stereocenters. The second kappa shape index (κ2) is 9.65. The van der Waals surface area contributed by atoms with Gasteiger partial charge in [-0.1, -0.05) is 32.4 Å². The highest BCUT2D eigenvalue weighted by molar-refractivity contribution is 5.51. The van der Waals surface area contributed by atoms with E-state index in [1.807, 2.05) is 24.3 Å². The van der Waals surface area contributed by atoms with Gasteiger partial charge in [-0.25, -0.2) is 0 Å². The van der Waals surface area contributed by atoms with Crippen LogP contribution in [0.25, 0.3) is 0 Å². The molecule has 0 fully saturated rings. The highest BCUT2D eigenvalue weighted by Crippen LogP contribution is 2.19. The average molecular weight is 278 g/mol. The predicted molar refractivity (Wildman–Crippen MR) is 87.2 cm³/mol. The van der Waals surface area contributed by atoms with E-state index in [9.17, 15) is 0 Å². The largest absolute Gasteiger partial charge is 0.491 e. The van der Waals surface area contributed by atoms with Crippen LogP contribution in [0.15, 0.2) is 24.3 Å². The van der Waals surface area contributed by atoms with Crippen molar-refractivity contribution in [2.45, 2.75) is 52.5 Å². The normalized spacial score (nSPS) is 12.6. The van der Waals surface area contributed by atoms with Gasteiger partial charge in [-0.05, 0) is 44.9 Å². The summed E-state index contributed by atoms with van der Waals surface area (Å²) in [5, 5.41) is 0. The van der Waals surface area contributed by atoms with Crippen LogP contribution in [-0.2, 0) is 0 Å². The van der Waals surface area contributed by atoms with Crippen LogP contribution in [0.1, 0.15) is 46.5 Å². The van der Waals surface area contributed by atoms with E-state index in [0.717, 1.165) is 31.0 Å². The lowest BCUT2D eigenvalue weighted by molar-refractivity contribution is 0.182. The maximum absolute atomic E-state index is 5.86. The van der Waals surface area contributed by atoms with Gasteiger partial charge in [0.15, 0.2) is 0 Å². The third-order valence-corrected chi connectivity index (χ3v) is 3.78. The van der Waals surface area contributed by atoms with Crippen molar-refractivity contribution in [2.24, 2.45) is 0 Å². The molecule has 0 aliphatic rings. The van der Waals surface area contributed by atoms with Crippen LogP contribution >= 0.6 is 0 Å². The lowest BCUT2D eigenvalue weighted by Gasteiger charge is -2.28. The highest BCUT2D eigenvalue weighted by Gasteiger charge is 2.11. The van der Waals surface area contributed by atoms with Crippen molar-refractivity contribution in [3.05, 3.63) is 24.3 Å². The fourth-order valence-electron chi connectivity index (χ4n) is 2.23. The molecule has 3 nitrogen and oxygen atoms in total. The fraction of sp³-hybridized carbons (Fsp3) is 0.647. The standard InChI is InChI=1S/C17H30N2O/c1-4-6-12-19(15(3)5-2)13-9-14-20-17-11-8-7-10-16(17)18/h7-8,10-11,15H,4-6,9,12-14,18H2,1-3H3. The first kappa shape index (κ1) is 16.8. The Morgan fingerprint density at radius 3 is 2.50 bits per heavy atom. The SMILES string of the molecule is CCCCN(CCCOc1ccccc1N)C(C)CC. The summed E-state index contributed by atoms with van der Waals surface area (Å²) in [5.74, 6) is 0.802. The van der Waals surface area contributed by atoms with Crippen molar-refractivity contribution in [1.82, 2.24) is 4.90 Å². The number of nitrogens with two attached hydrogens (primary N) is 1. The maximum atomic E-state index is 5.86. The van der Waals surface area contributed by atoms with Crippen molar-refractivity contribution in [3.8, 4) is 5.75 Å². The molecule has 1 rings (SSSR count). The zero-order chi connectivity index (χ0) is 14.8. The molecule has 0 aromatic heterocycles. The Hall–Kier alpha value is -1.22. The summed E-state index contributed by atoms with van der Waals surface area (Å²) >= 11 is 0. The molecule has 0 amide bonds. The molecule has 1 aromatic carbocycles. The minimum atomic E-state index is 0.656. The molecule has 0 aliphatic carbocycles. The molecule has 20 heavy (non-hydrogen) atoms. The number of benzene rings is 1. The van der Waals surface area contributed by atoms with Crippen LogP contribution in [0.5, 0.6) is 5.75 Å². The second-order valence-electron chi connectivity index (χ2n) is 5.39. The molecule has 0 bridgehead atoms. The number of rotatable bonds is 10. The van der Waals surface area contributed by atoms with Crippen LogP contribution in [0, 0.1) is 0 Å². The molecular formula is C17H30N2O. The van der Waals surface area contributed by atoms with Crippen LogP contribution in [0.2, 0.25) is 0 Å². The first-order valence-corrected chi connectivity index (χ1v) is 7.90. The first-order chi connectivity index (χ1) is 9.69. The number of para-hydroxylation sites is 2. The number of nitrogens with zero attached hydrogens (tertiary/aromatic N) is 1. The van der Waals surface area contributed by atoms with E-state index >= 15 is 0 Å². The fourth-order valence-corrected chi connectivity index (χ4v) is 2.23. The summed E-state index contributed by atoms with van der Waals surface area (Å²) < 4.78 is 5.75. The second-order valence-corrected chi connectivity index (χ2v) is 5.39. The Balaban J connectivity index is 2.31. The first-order valence-electron chi connectivity index (χ1n) is 7.90. The van der Waals surface area contributed by atoms with Gasteiger partial charge in [-0.3, -0.25) is 0 Å². The van der Waals surface area contributed by atoms with Gasteiger partial charge in [0.05, 0.1) is 12.3 Å². The lowest BCUT2D eigenvalue weighted by Crippen LogP contribution is -2.35. The van der Waals surface area contributed by atoms with Gasteiger partial charge in [0, 0.05) is 12.6 Å². The summed E-state index contributed by atoms with van der Waals surface area (Å²) in [5.41, 5.74) is 6.58. The molecule has 3 heteroatoms. The molecule has 114 valence electrons. The van der Waals surface area contributed by atoms with E-state index in [0.29, 0.717) is 6.04 Å². The van der Waals surface area contributed by atoms with Gasteiger partial charge in [-0.2, -0.15) is 0 Å². The van der Waals surface area contributed by atoms with Crippen LogP contribution in [-0.4, -0.2) is 30.6 Å². The summed E-state index contributed by atoms with van der Waals surface area (Å²) in [6.07, 6.45) is 4.78. The van der Waals surface area contributed by atoms with Gasteiger partial charge in [0.2, 0.25) is 0 Å². The third kappa shape index (κ3) is 5.83. The van der Waals surface area contributed by atoms with E-state index in [1.165, 1.54) is 25.8 Å². The topological polar surface area (TPSA) is 38.5 Å². The molecule has 0 saturated heterocycles. The van der Waals surface area contributed by atoms with Gasteiger partial charge >= 0.3 is 0 Å². The Morgan fingerprint density at radius 2 is 1.85 bits per heavy atom. The van der Waals surface area contributed by atoms with Crippen molar-refractivity contribution < 1.29 is 4.74 Å². The van der Waals surface area contributed by atoms with E-state index in [1.54, 1.807) is 0 Å². The van der Waals surface area contributed by atoms with Crippen molar-refractivity contribution in [2.75, 3.05) is 25.4 Å². The molecular weight excluding hydrogens is 248 g/mol.